The van der Waals surface area contributed by atoms with E-state index in [1.165, 1.54) is 0 Å². The fourth-order valence-electron chi connectivity index (χ4n) is 0.903. The van der Waals surface area contributed by atoms with E-state index in [4.69, 9.17) is 0 Å². The maximum atomic E-state index is 10.8. The van der Waals surface area contributed by atoms with Crippen LogP contribution in [0.25, 0.3) is 0 Å². The molecule has 1 aromatic heterocycles. The van der Waals surface area contributed by atoms with Crippen LogP contribution in [-0.2, 0) is 6.54 Å². The van der Waals surface area contributed by atoms with E-state index in [0.29, 0.717) is 0 Å². The highest BCUT2D eigenvalue weighted by Gasteiger charge is 2.00. The van der Waals surface area contributed by atoms with Gasteiger partial charge in [0.05, 0.1) is 0 Å². The van der Waals surface area contributed by atoms with Gasteiger partial charge in [-0.2, -0.15) is 0 Å². The molecular formula is C9H12NO+. The lowest BCUT2D eigenvalue weighted by Crippen LogP contribution is -2.30. The topological polar surface area (TPSA) is 20.9 Å². The molecule has 0 aromatic carbocycles. The molecule has 0 unspecified atom stereocenters. The van der Waals surface area contributed by atoms with E-state index >= 15 is 0 Å². The SMILES string of the molecule is CC[n+]1ccc(C(C)=O)cc1. The Hall–Kier alpha value is -1.18. The standard InChI is InChI=1S/C9H12NO/c1-3-10-6-4-9(5-7-10)8(2)11/h4-7H,3H2,1-2H3/q+1. The molecule has 0 aliphatic rings. The van der Waals surface area contributed by atoms with Gasteiger partial charge in [0.1, 0.15) is 6.54 Å². The molecule has 0 bridgehead atoms. The molecule has 2 nitrogen and oxygen atoms in total. The predicted molar refractivity (Wildman–Crippen MR) is 42.3 cm³/mol. The average Bonchev–Trinajstić information content (AvgIpc) is 2.05. The highest BCUT2D eigenvalue weighted by molar-refractivity contribution is 5.93. The zero-order chi connectivity index (χ0) is 8.27. The van der Waals surface area contributed by atoms with Crippen LogP contribution in [0, 0.1) is 0 Å². The maximum absolute atomic E-state index is 10.8. The Kier molecular flexibility index (Phi) is 2.36. The summed E-state index contributed by atoms with van der Waals surface area (Å²) < 4.78 is 2.02. The molecule has 0 aliphatic carbocycles. The molecule has 0 atom stereocenters. The summed E-state index contributed by atoms with van der Waals surface area (Å²) in [6.07, 6.45) is 3.83. The molecule has 0 amide bonds. The van der Waals surface area contributed by atoms with Gasteiger partial charge in [0, 0.05) is 17.7 Å². The fourth-order valence-corrected chi connectivity index (χ4v) is 0.903. The van der Waals surface area contributed by atoms with Crippen molar-refractivity contribution in [3.8, 4) is 0 Å². The smallest absolute Gasteiger partial charge is 0.169 e. The van der Waals surface area contributed by atoms with Crippen LogP contribution in [0.4, 0.5) is 0 Å². The van der Waals surface area contributed by atoms with Crippen LogP contribution in [-0.4, -0.2) is 5.78 Å². The van der Waals surface area contributed by atoms with Crippen LogP contribution in [0.15, 0.2) is 24.5 Å². The first-order valence-corrected chi connectivity index (χ1v) is 3.74. The van der Waals surface area contributed by atoms with Crippen LogP contribution < -0.4 is 4.57 Å². The van der Waals surface area contributed by atoms with Gasteiger partial charge in [-0.25, -0.2) is 4.57 Å². The lowest BCUT2D eigenvalue weighted by molar-refractivity contribution is -0.693. The Labute approximate surface area is 66.5 Å². The van der Waals surface area contributed by atoms with Crippen LogP contribution in [0.1, 0.15) is 24.2 Å². The van der Waals surface area contributed by atoms with Crippen LogP contribution in [0.2, 0.25) is 0 Å². The van der Waals surface area contributed by atoms with Crippen molar-refractivity contribution in [3.05, 3.63) is 30.1 Å². The average molecular weight is 150 g/mol. The Bertz CT molecular complexity index is 251. The summed E-state index contributed by atoms with van der Waals surface area (Å²) in [5.74, 6) is 0.119. The molecule has 1 rings (SSSR count). The molecule has 0 aliphatic heterocycles. The largest absolute Gasteiger partial charge is 0.295 e. The van der Waals surface area contributed by atoms with Crippen molar-refractivity contribution in [2.75, 3.05) is 0 Å². The summed E-state index contributed by atoms with van der Waals surface area (Å²) in [5.41, 5.74) is 0.773. The minimum absolute atomic E-state index is 0.119. The normalized spacial score (nSPS) is 9.64. The second kappa shape index (κ2) is 3.28. The Balaban J connectivity index is 2.91. The fraction of sp³-hybridized carbons (Fsp3) is 0.333. The van der Waals surface area contributed by atoms with E-state index in [2.05, 4.69) is 6.92 Å². The first-order chi connectivity index (χ1) is 5.24. The van der Waals surface area contributed by atoms with Crippen molar-refractivity contribution in [2.24, 2.45) is 0 Å². The van der Waals surface area contributed by atoms with Crippen molar-refractivity contribution in [3.63, 3.8) is 0 Å². The molecule has 11 heavy (non-hydrogen) atoms. The zero-order valence-electron chi connectivity index (χ0n) is 6.87. The summed E-state index contributed by atoms with van der Waals surface area (Å²) in [6, 6.07) is 3.68. The van der Waals surface area contributed by atoms with E-state index in [1.807, 2.05) is 29.1 Å². The van der Waals surface area contributed by atoms with Gasteiger partial charge in [0.15, 0.2) is 18.2 Å². The Morgan fingerprint density at radius 3 is 2.36 bits per heavy atom. The number of carbonyl (C=O) groups excluding carboxylic acids is 1. The van der Waals surface area contributed by atoms with Crippen molar-refractivity contribution >= 4 is 5.78 Å². The second-order valence-electron chi connectivity index (χ2n) is 2.47. The molecule has 0 saturated carbocycles. The van der Waals surface area contributed by atoms with E-state index in [1.54, 1.807) is 6.92 Å². The van der Waals surface area contributed by atoms with Gasteiger partial charge in [0.2, 0.25) is 0 Å². The summed E-state index contributed by atoms with van der Waals surface area (Å²) in [7, 11) is 0. The molecular weight excluding hydrogens is 138 g/mol. The van der Waals surface area contributed by atoms with Crippen molar-refractivity contribution < 1.29 is 9.36 Å². The number of aromatic nitrogens is 1. The monoisotopic (exact) mass is 150 g/mol. The van der Waals surface area contributed by atoms with Gasteiger partial charge in [-0.1, -0.05) is 0 Å². The molecule has 1 aromatic rings. The molecule has 0 saturated heterocycles. The number of pyridine rings is 1. The highest BCUT2D eigenvalue weighted by atomic mass is 16.1. The lowest BCUT2D eigenvalue weighted by Gasteiger charge is -1.92. The molecule has 0 spiro atoms. The quantitative estimate of drug-likeness (QED) is 0.458. The molecule has 0 fully saturated rings. The predicted octanol–water partition coefficient (Wildman–Crippen LogP) is 1.20. The summed E-state index contributed by atoms with van der Waals surface area (Å²) in [6.45, 7) is 4.58. The number of ketones is 1. The van der Waals surface area contributed by atoms with Crippen molar-refractivity contribution in [1.29, 1.82) is 0 Å². The van der Waals surface area contributed by atoms with Crippen LogP contribution in [0.3, 0.4) is 0 Å². The van der Waals surface area contributed by atoms with Gasteiger partial charge in [-0.15, -0.1) is 0 Å². The second-order valence-corrected chi connectivity index (χ2v) is 2.47. The number of Topliss-reactive ketones (excluding diaryl/α,β-unsaturated/α-hetero) is 1. The zero-order valence-corrected chi connectivity index (χ0v) is 6.87. The van der Waals surface area contributed by atoms with Crippen molar-refractivity contribution in [2.45, 2.75) is 20.4 Å². The Morgan fingerprint density at radius 1 is 1.45 bits per heavy atom. The van der Waals surface area contributed by atoms with E-state index in [0.717, 1.165) is 12.1 Å². The van der Waals surface area contributed by atoms with E-state index in [-0.39, 0.29) is 5.78 Å². The van der Waals surface area contributed by atoms with Gasteiger partial charge in [-0.05, 0) is 13.8 Å². The highest BCUT2D eigenvalue weighted by Crippen LogP contribution is 1.94. The van der Waals surface area contributed by atoms with Crippen molar-refractivity contribution in [1.82, 2.24) is 0 Å². The molecule has 1 heterocycles. The third-order valence-corrected chi connectivity index (χ3v) is 1.66. The molecule has 58 valence electrons. The maximum Gasteiger partial charge on any atom is 0.169 e. The number of carbonyl (C=O) groups is 1. The van der Waals surface area contributed by atoms with Crippen LogP contribution >= 0.6 is 0 Å². The minimum atomic E-state index is 0.119. The Morgan fingerprint density at radius 2 is 2.00 bits per heavy atom. The third-order valence-electron chi connectivity index (χ3n) is 1.66. The minimum Gasteiger partial charge on any atom is -0.295 e. The summed E-state index contributed by atoms with van der Waals surface area (Å²) >= 11 is 0. The van der Waals surface area contributed by atoms with Gasteiger partial charge >= 0.3 is 0 Å². The van der Waals surface area contributed by atoms with Gasteiger partial charge < -0.3 is 0 Å². The molecule has 0 radical (unpaired) electrons. The first kappa shape index (κ1) is 7.92. The first-order valence-electron chi connectivity index (χ1n) is 3.74. The molecule has 0 N–H and O–H groups in total. The third kappa shape index (κ3) is 1.87. The summed E-state index contributed by atoms with van der Waals surface area (Å²) in [5, 5.41) is 0. The lowest BCUT2D eigenvalue weighted by atomic mass is 10.2. The van der Waals surface area contributed by atoms with Crippen LogP contribution in [0.5, 0.6) is 0 Å². The summed E-state index contributed by atoms with van der Waals surface area (Å²) in [4.78, 5) is 10.8. The number of rotatable bonds is 2. The van der Waals surface area contributed by atoms with E-state index in [9.17, 15) is 4.79 Å². The van der Waals surface area contributed by atoms with E-state index < -0.39 is 0 Å². The number of hydrogen-bond acceptors (Lipinski definition) is 1. The molecule has 2 heteroatoms. The number of aryl methyl sites for hydroxylation is 1. The number of hydrogen-bond donors (Lipinski definition) is 0. The van der Waals surface area contributed by atoms with Gasteiger partial charge in [-0.3, -0.25) is 4.79 Å². The van der Waals surface area contributed by atoms with Gasteiger partial charge in [0.25, 0.3) is 0 Å². The number of nitrogens with zero attached hydrogens (tertiary/aromatic N) is 1.